The van der Waals surface area contributed by atoms with Crippen LogP contribution < -0.4 is 15.9 Å². The van der Waals surface area contributed by atoms with E-state index in [1.54, 1.807) is 19.9 Å². The van der Waals surface area contributed by atoms with E-state index in [1.807, 2.05) is 0 Å². The summed E-state index contributed by atoms with van der Waals surface area (Å²) in [7, 11) is -1.81. The van der Waals surface area contributed by atoms with E-state index in [4.69, 9.17) is 0 Å². The van der Waals surface area contributed by atoms with Crippen LogP contribution in [0.5, 0.6) is 0 Å². The maximum Gasteiger partial charge on any atom is 0.185 e. The van der Waals surface area contributed by atoms with Crippen molar-refractivity contribution in [2.75, 3.05) is 6.16 Å². The predicted octanol–water partition coefficient (Wildman–Crippen LogP) is 5.96. The summed E-state index contributed by atoms with van der Waals surface area (Å²) in [4.78, 5) is 24.8. The van der Waals surface area contributed by atoms with E-state index < -0.39 is 7.26 Å². The third-order valence-corrected chi connectivity index (χ3v) is 11.4. The van der Waals surface area contributed by atoms with Crippen LogP contribution >= 0.6 is 7.26 Å². The minimum absolute atomic E-state index is 0.0192. The minimum atomic E-state index is -1.81. The van der Waals surface area contributed by atoms with E-state index in [0.717, 1.165) is 25.4 Å². The van der Waals surface area contributed by atoms with Gasteiger partial charge in [0, 0.05) is 16.7 Å². The molecule has 172 valence electrons. The Morgan fingerprint density at radius 1 is 0.588 bits per heavy atom. The van der Waals surface area contributed by atoms with E-state index >= 15 is 0 Å². The van der Waals surface area contributed by atoms with E-state index in [9.17, 15) is 9.59 Å². The summed E-state index contributed by atoms with van der Waals surface area (Å²) < 4.78 is 0. The molecular formula is C31H32O2P+. The molecule has 2 nitrogen and oxygen atoms in total. The Morgan fingerprint density at radius 3 is 1.53 bits per heavy atom. The number of hydrogen-bond acceptors (Lipinski definition) is 2. The lowest BCUT2D eigenvalue weighted by Crippen LogP contribution is -2.33. The maximum absolute atomic E-state index is 12.6. The fourth-order valence-corrected chi connectivity index (χ4v) is 9.25. The van der Waals surface area contributed by atoms with Crippen molar-refractivity contribution in [1.82, 2.24) is 0 Å². The number of carbonyl (C=O) groups is 2. The van der Waals surface area contributed by atoms with Crippen molar-refractivity contribution in [3.05, 3.63) is 114 Å². The van der Waals surface area contributed by atoms with Gasteiger partial charge in [0.1, 0.15) is 23.2 Å². The largest absolute Gasteiger partial charge is 0.290 e. The van der Waals surface area contributed by atoms with E-state index in [-0.39, 0.29) is 11.6 Å². The van der Waals surface area contributed by atoms with Gasteiger partial charge in [-0.3, -0.25) is 9.59 Å². The van der Waals surface area contributed by atoms with Crippen LogP contribution in [0.1, 0.15) is 39.5 Å². The zero-order valence-electron chi connectivity index (χ0n) is 20.0. The molecule has 3 aromatic rings. The quantitative estimate of drug-likeness (QED) is 0.221. The fraction of sp³-hybridized carbons (Fsp3) is 0.226. The minimum Gasteiger partial charge on any atom is -0.290 e. The second-order valence-corrected chi connectivity index (χ2v) is 12.6. The lowest BCUT2D eigenvalue weighted by atomic mass is 9.89. The van der Waals surface area contributed by atoms with Gasteiger partial charge in [-0.25, -0.2) is 0 Å². The molecule has 0 saturated heterocycles. The topological polar surface area (TPSA) is 34.1 Å². The summed E-state index contributed by atoms with van der Waals surface area (Å²) in [6.07, 6.45) is 6.30. The Morgan fingerprint density at radius 2 is 1.06 bits per heavy atom. The molecule has 0 radical (unpaired) electrons. The van der Waals surface area contributed by atoms with Crippen molar-refractivity contribution in [1.29, 1.82) is 0 Å². The molecule has 0 saturated carbocycles. The second-order valence-electron chi connectivity index (χ2n) is 8.96. The molecule has 0 fully saturated rings. The Hall–Kier alpha value is -3.09. The Bertz CT molecular complexity index is 1110. The molecule has 34 heavy (non-hydrogen) atoms. The molecule has 1 aliphatic carbocycles. The molecule has 0 bridgehead atoms. The third kappa shape index (κ3) is 4.88. The fourth-order valence-electron chi connectivity index (χ4n) is 4.84. The molecule has 0 heterocycles. The van der Waals surface area contributed by atoms with Gasteiger partial charge in [0.15, 0.2) is 11.6 Å². The lowest BCUT2D eigenvalue weighted by Gasteiger charge is -2.27. The summed E-state index contributed by atoms with van der Waals surface area (Å²) in [6, 6.07) is 32.8. The van der Waals surface area contributed by atoms with Gasteiger partial charge in [0.2, 0.25) is 0 Å². The molecule has 0 amide bonds. The van der Waals surface area contributed by atoms with E-state index in [2.05, 4.69) is 91.0 Å². The standard InChI is InChI=1S/C31H32O2P/c1-24-25(2)31(33)26(23-30(24)32)15-7-6-14-22-34(27-16-8-3-9-17-27,28-18-10-4-11-19-28)29-20-12-5-13-21-29/h3-5,8-13,16-21,23H,6-7,14-15,22H2,1-2H3/q+1. The molecule has 4 rings (SSSR count). The normalized spacial score (nSPS) is 14.4. The molecule has 0 aromatic heterocycles. The summed E-state index contributed by atoms with van der Waals surface area (Å²) in [5, 5.41) is 4.21. The van der Waals surface area contributed by atoms with Gasteiger partial charge in [0.25, 0.3) is 0 Å². The number of allylic oxidation sites excluding steroid dienone is 4. The molecule has 0 aliphatic heterocycles. The highest BCUT2D eigenvalue weighted by Gasteiger charge is 2.44. The molecule has 0 spiro atoms. The van der Waals surface area contributed by atoms with Crippen molar-refractivity contribution in [3.8, 4) is 0 Å². The smallest absolute Gasteiger partial charge is 0.185 e. The van der Waals surface area contributed by atoms with Crippen LogP contribution in [0.3, 0.4) is 0 Å². The van der Waals surface area contributed by atoms with Crippen molar-refractivity contribution in [3.63, 3.8) is 0 Å². The van der Waals surface area contributed by atoms with Gasteiger partial charge in [-0.2, -0.15) is 0 Å². The number of hydrogen-bond donors (Lipinski definition) is 0. The van der Waals surface area contributed by atoms with Gasteiger partial charge < -0.3 is 0 Å². The van der Waals surface area contributed by atoms with Crippen LogP contribution in [0.25, 0.3) is 0 Å². The number of carbonyl (C=O) groups excluding carboxylic acids is 2. The summed E-state index contributed by atoms with van der Waals surface area (Å²) in [5.41, 5.74) is 1.85. The van der Waals surface area contributed by atoms with E-state index in [0.29, 0.717) is 23.1 Å². The average molecular weight is 468 g/mol. The summed E-state index contributed by atoms with van der Waals surface area (Å²) >= 11 is 0. The summed E-state index contributed by atoms with van der Waals surface area (Å²) in [5.74, 6) is 0.0195. The lowest BCUT2D eigenvalue weighted by molar-refractivity contribution is -0.116. The van der Waals surface area contributed by atoms with Gasteiger partial charge in [-0.15, -0.1) is 0 Å². The molecule has 0 N–H and O–H groups in total. The van der Waals surface area contributed by atoms with Gasteiger partial charge in [-0.1, -0.05) is 54.6 Å². The number of rotatable bonds is 9. The molecule has 3 aromatic carbocycles. The van der Waals surface area contributed by atoms with Crippen molar-refractivity contribution in [2.45, 2.75) is 39.5 Å². The molecular weight excluding hydrogens is 435 g/mol. The molecule has 0 atom stereocenters. The highest BCUT2D eigenvalue weighted by Crippen LogP contribution is 2.56. The van der Waals surface area contributed by atoms with Gasteiger partial charge in [-0.05, 0) is 82.0 Å². The van der Waals surface area contributed by atoms with Gasteiger partial charge >= 0.3 is 0 Å². The first-order valence-electron chi connectivity index (χ1n) is 12.1. The number of benzene rings is 3. The molecule has 1 aliphatic rings. The van der Waals surface area contributed by atoms with Crippen LogP contribution in [0.2, 0.25) is 0 Å². The Labute approximate surface area is 203 Å². The van der Waals surface area contributed by atoms with Crippen LogP contribution in [0.15, 0.2) is 114 Å². The van der Waals surface area contributed by atoms with Crippen LogP contribution in [0.4, 0.5) is 0 Å². The number of Topliss-reactive ketones (excluding diaryl/α,β-unsaturated/α-hetero) is 1. The summed E-state index contributed by atoms with van der Waals surface area (Å²) in [6.45, 7) is 3.50. The van der Waals surface area contributed by atoms with Crippen molar-refractivity contribution in [2.24, 2.45) is 0 Å². The maximum atomic E-state index is 12.6. The predicted molar refractivity (Wildman–Crippen MR) is 145 cm³/mol. The monoisotopic (exact) mass is 467 g/mol. The third-order valence-electron chi connectivity index (χ3n) is 6.90. The average Bonchev–Trinajstić information content (AvgIpc) is 2.89. The second kappa shape index (κ2) is 10.9. The van der Waals surface area contributed by atoms with Gasteiger partial charge in [0.05, 0.1) is 6.16 Å². The van der Waals surface area contributed by atoms with E-state index in [1.165, 1.54) is 15.9 Å². The highest BCUT2D eigenvalue weighted by atomic mass is 31.2. The SMILES string of the molecule is CC1=C(C)C(=O)C(CCCCC[P+](c2ccccc2)(c2ccccc2)c2ccccc2)=CC1=O. The molecule has 3 heteroatoms. The van der Waals surface area contributed by atoms with Crippen LogP contribution in [0, 0.1) is 0 Å². The zero-order chi connectivity index (χ0) is 24.0. The van der Waals surface area contributed by atoms with Crippen molar-refractivity contribution >= 4 is 34.7 Å². The Balaban J connectivity index is 1.55. The zero-order valence-corrected chi connectivity index (χ0v) is 20.9. The first-order valence-corrected chi connectivity index (χ1v) is 14.0. The first-order chi connectivity index (χ1) is 16.5. The Kier molecular flexibility index (Phi) is 7.70. The first kappa shape index (κ1) is 24.0. The molecule has 0 unspecified atom stereocenters. The van der Waals surface area contributed by atoms with Crippen molar-refractivity contribution < 1.29 is 9.59 Å². The number of ketones is 2. The number of unbranched alkanes of at least 4 members (excludes halogenated alkanes) is 2. The van der Waals surface area contributed by atoms with Crippen LogP contribution in [-0.2, 0) is 9.59 Å². The highest BCUT2D eigenvalue weighted by molar-refractivity contribution is 7.95. The van der Waals surface area contributed by atoms with Crippen LogP contribution in [-0.4, -0.2) is 17.7 Å².